The molecule has 0 aliphatic heterocycles. The molecule has 4 aromatic rings. The van der Waals surface area contributed by atoms with E-state index in [1.54, 1.807) is 34.9 Å². The van der Waals surface area contributed by atoms with Crippen LogP contribution in [0.1, 0.15) is 16.8 Å². The van der Waals surface area contributed by atoms with Crippen LogP contribution < -0.4 is 4.74 Å². The first-order chi connectivity index (χ1) is 13.7. The zero-order chi connectivity index (χ0) is 19.3. The van der Waals surface area contributed by atoms with Crippen LogP contribution in [0.5, 0.6) is 5.75 Å². The molecule has 2 heterocycles. The maximum atomic E-state index is 5.20. The highest BCUT2D eigenvalue weighted by Crippen LogP contribution is 2.27. The number of hydrogen-bond donors (Lipinski definition) is 0. The number of rotatable bonds is 7. The molecule has 0 saturated heterocycles. The van der Waals surface area contributed by atoms with E-state index in [0.29, 0.717) is 6.54 Å². The van der Waals surface area contributed by atoms with Crippen LogP contribution >= 0.6 is 23.1 Å². The van der Waals surface area contributed by atoms with E-state index in [0.717, 1.165) is 38.5 Å². The van der Waals surface area contributed by atoms with Crippen LogP contribution in [-0.4, -0.2) is 32.3 Å². The van der Waals surface area contributed by atoms with Gasteiger partial charge in [-0.15, -0.1) is 16.4 Å². The predicted molar refractivity (Wildman–Crippen MR) is 112 cm³/mol. The van der Waals surface area contributed by atoms with Crippen molar-refractivity contribution in [1.29, 1.82) is 0 Å². The number of benzene rings is 2. The summed E-state index contributed by atoms with van der Waals surface area (Å²) in [6, 6.07) is 16.4. The molecule has 0 aliphatic carbocycles. The van der Waals surface area contributed by atoms with Crippen LogP contribution in [0, 0.1) is 6.92 Å². The van der Waals surface area contributed by atoms with Gasteiger partial charge in [-0.25, -0.2) is 9.67 Å². The van der Waals surface area contributed by atoms with Gasteiger partial charge < -0.3 is 4.74 Å². The second-order valence-corrected chi connectivity index (χ2v) is 8.07. The largest absolute Gasteiger partial charge is 0.497 e. The predicted octanol–water partition coefficient (Wildman–Crippen LogP) is 4.45. The summed E-state index contributed by atoms with van der Waals surface area (Å²) in [5, 5.41) is 16.0. The Hall–Kier alpha value is -2.71. The molecule has 0 N–H and O–H groups in total. The SMILES string of the molecule is COc1ccc(Cn2nnnc2SCc2csc(-c3ccc(C)cc3)n2)cc1. The topological polar surface area (TPSA) is 65.7 Å². The average molecular weight is 410 g/mol. The number of thioether (sulfide) groups is 1. The molecule has 6 nitrogen and oxygen atoms in total. The Morgan fingerprint density at radius 1 is 1.07 bits per heavy atom. The monoisotopic (exact) mass is 409 g/mol. The van der Waals surface area contributed by atoms with Crippen molar-refractivity contribution in [3.63, 3.8) is 0 Å². The van der Waals surface area contributed by atoms with Gasteiger partial charge in [0.1, 0.15) is 10.8 Å². The zero-order valence-electron chi connectivity index (χ0n) is 15.6. The normalized spacial score (nSPS) is 10.9. The lowest BCUT2D eigenvalue weighted by Gasteiger charge is -2.05. The van der Waals surface area contributed by atoms with E-state index in [1.165, 1.54) is 5.56 Å². The second kappa shape index (κ2) is 8.53. The van der Waals surface area contributed by atoms with Gasteiger partial charge in [-0.3, -0.25) is 0 Å². The first-order valence-electron chi connectivity index (χ1n) is 8.74. The zero-order valence-corrected chi connectivity index (χ0v) is 17.2. The van der Waals surface area contributed by atoms with Crippen LogP contribution in [-0.2, 0) is 12.3 Å². The number of hydrogen-bond acceptors (Lipinski definition) is 7. The molecule has 0 amide bonds. The fourth-order valence-electron chi connectivity index (χ4n) is 2.64. The van der Waals surface area contributed by atoms with Crippen molar-refractivity contribution < 1.29 is 4.74 Å². The van der Waals surface area contributed by atoms with Crippen LogP contribution in [0.3, 0.4) is 0 Å². The summed E-state index contributed by atoms with van der Waals surface area (Å²) >= 11 is 3.25. The van der Waals surface area contributed by atoms with Gasteiger partial charge >= 0.3 is 0 Å². The smallest absolute Gasteiger partial charge is 0.210 e. The van der Waals surface area contributed by atoms with Gasteiger partial charge in [-0.1, -0.05) is 53.7 Å². The summed E-state index contributed by atoms with van der Waals surface area (Å²) in [5.41, 5.74) is 4.55. The van der Waals surface area contributed by atoms with E-state index < -0.39 is 0 Å². The van der Waals surface area contributed by atoms with Crippen LogP contribution in [0.15, 0.2) is 59.1 Å². The molecule has 8 heteroatoms. The summed E-state index contributed by atoms with van der Waals surface area (Å²) in [6.45, 7) is 2.70. The van der Waals surface area contributed by atoms with Crippen molar-refractivity contribution in [2.75, 3.05) is 7.11 Å². The lowest BCUT2D eigenvalue weighted by molar-refractivity contribution is 0.414. The minimum Gasteiger partial charge on any atom is -0.497 e. The summed E-state index contributed by atoms with van der Waals surface area (Å²) in [4.78, 5) is 4.75. The standard InChI is InChI=1S/C20H19N5OS2/c1-14-3-7-16(8-4-14)19-21-17(12-27-19)13-28-20-22-23-24-25(20)11-15-5-9-18(26-2)10-6-15/h3-10,12H,11,13H2,1-2H3. The minimum absolute atomic E-state index is 0.616. The van der Waals surface area contributed by atoms with E-state index in [2.05, 4.69) is 52.1 Å². The number of aryl methyl sites for hydroxylation is 1. The Morgan fingerprint density at radius 3 is 2.61 bits per heavy atom. The lowest BCUT2D eigenvalue weighted by atomic mass is 10.2. The summed E-state index contributed by atoms with van der Waals surface area (Å²) in [5.74, 6) is 1.56. The molecule has 0 saturated carbocycles. The molecule has 28 heavy (non-hydrogen) atoms. The Morgan fingerprint density at radius 2 is 1.86 bits per heavy atom. The Labute approximate surface area is 171 Å². The van der Waals surface area contributed by atoms with Crippen molar-refractivity contribution in [1.82, 2.24) is 25.2 Å². The van der Waals surface area contributed by atoms with E-state index in [4.69, 9.17) is 9.72 Å². The minimum atomic E-state index is 0.616. The van der Waals surface area contributed by atoms with Crippen molar-refractivity contribution >= 4 is 23.1 Å². The first kappa shape index (κ1) is 18.6. The van der Waals surface area contributed by atoms with Crippen molar-refractivity contribution in [2.24, 2.45) is 0 Å². The number of aromatic nitrogens is 5. The quantitative estimate of drug-likeness (QED) is 0.420. The molecule has 0 unspecified atom stereocenters. The van der Waals surface area contributed by atoms with Gasteiger partial charge in [0, 0.05) is 16.7 Å². The highest BCUT2D eigenvalue weighted by molar-refractivity contribution is 7.98. The maximum absolute atomic E-state index is 5.20. The van der Waals surface area contributed by atoms with Gasteiger partial charge in [-0.2, -0.15) is 0 Å². The molecule has 0 bridgehead atoms. The van der Waals surface area contributed by atoms with Crippen molar-refractivity contribution in [3.05, 3.63) is 70.7 Å². The summed E-state index contributed by atoms with van der Waals surface area (Å²) in [7, 11) is 1.66. The average Bonchev–Trinajstić information content (AvgIpc) is 3.37. The van der Waals surface area contributed by atoms with Crippen LogP contribution in [0.4, 0.5) is 0 Å². The van der Waals surface area contributed by atoms with Crippen molar-refractivity contribution in [2.45, 2.75) is 24.4 Å². The van der Waals surface area contributed by atoms with Crippen LogP contribution in [0.25, 0.3) is 10.6 Å². The lowest BCUT2D eigenvalue weighted by Crippen LogP contribution is -2.04. The van der Waals surface area contributed by atoms with Gasteiger partial charge in [0.2, 0.25) is 5.16 Å². The third-order valence-corrected chi connectivity index (χ3v) is 6.12. The first-order valence-corrected chi connectivity index (χ1v) is 10.6. The highest BCUT2D eigenvalue weighted by Gasteiger charge is 2.10. The Kier molecular flexibility index (Phi) is 5.68. The third kappa shape index (κ3) is 4.40. The molecule has 2 aromatic heterocycles. The van der Waals surface area contributed by atoms with E-state index in [1.807, 2.05) is 24.3 Å². The Bertz CT molecular complexity index is 1040. The van der Waals surface area contributed by atoms with E-state index >= 15 is 0 Å². The Balaban J connectivity index is 1.40. The molecule has 0 spiro atoms. The van der Waals surface area contributed by atoms with Gasteiger partial charge in [0.05, 0.1) is 19.3 Å². The highest BCUT2D eigenvalue weighted by atomic mass is 32.2. The third-order valence-electron chi connectivity index (χ3n) is 4.19. The summed E-state index contributed by atoms with van der Waals surface area (Å²) in [6.07, 6.45) is 0. The molecule has 2 aromatic carbocycles. The number of tetrazole rings is 1. The second-order valence-electron chi connectivity index (χ2n) is 6.27. The molecule has 0 aliphatic rings. The van der Waals surface area contributed by atoms with E-state index in [9.17, 15) is 0 Å². The van der Waals surface area contributed by atoms with Crippen molar-refractivity contribution in [3.8, 4) is 16.3 Å². The molecular weight excluding hydrogens is 390 g/mol. The maximum Gasteiger partial charge on any atom is 0.210 e. The number of ether oxygens (including phenoxy) is 1. The summed E-state index contributed by atoms with van der Waals surface area (Å²) < 4.78 is 7.00. The fraction of sp³-hybridized carbons (Fsp3) is 0.200. The van der Waals surface area contributed by atoms with Crippen LogP contribution in [0.2, 0.25) is 0 Å². The number of thiazole rings is 1. The number of nitrogens with zero attached hydrogens (tertiary/aromatic N) is 5. The molecular formula is C20H19N5OS2. The molecule has 0 radical (unpaired) electrons. The van der Waals surface area contributed by atoms with Gasteiger partial charge in [0.15, 0.2) is 0 Å². The number of methoxy groups -OCH3 is 1. The van der Waals surface area contributed by atoms with Gasteiger partial charge in [-0.05, 0) is 35.0 Å². The van der Waals surface area contributed by atoms with Gasteiger partial charge in [0.25, 0.3) is 0 Å². The molecule has 0 fully saturated rings. The molecule has 0 atom stereocenters. The molecule has 142 valence electrons. The fourth-order valence-corrected chi connectivity index (χ4v) is 4.34. The molecule has 4 rings (SSSR count). The van der Waals surface area contributed by atoms with E-state index in [-0.39, 0.29) is 0 Å².